The Balaban J connectivity index is 1.33. The summed E-state index contributed by atoms with van der Waals surface area (Å²) >= 11 is 1.82. The minimum atomic E-state index is -0.0215. The predicted molar refractivity (Wildman–Crippen MR) is 129 cm³/mol. The summed E-state index contributed by atoms with van der Waals surface area (Å²) < 4.78 is 0. The Bertz CT molecular complexity index is 995. The topological polar surface area (TPSA) is 58.1 Å². The monoisotopic (exact) mass is 432 g/mol. The van der Waals surface area contributed by atoms with Crippen LogP contribution in [0.5, 0.6) is 0 Å². The van der Waals surface area contributed by atoms with Crippen molar-refractivity contribution in [2.24, 2.45) is 0 Å². The third-order valence-corrected chi connectivity index (χ3v) is 6.22. The Labute approximate surface area is 188 Å². The summed E-state index contributed by atoms with van der Waals surface area (Å²) in [6, 6.07) is 20.0. The lowest BCUT2D eigenvalue weighted by Gasteiger charge is -2.15. The number of thioether (sulfide) groups is 1. The highest BCUT2D eigenvalue weighted by molar-refractivity contribution is 7.99. The van der Waals surface area contributed by atoms with E-state index in [-0.39, 0.29) is 5.91 Å². The lowest BCUT2D eigenvalue weighted by Crippen LogP contribution is -2.19. The molecule has 1 aliphatic heterocycles. The summed E-state index contributed by atoms with van der Waals surface area (Å²) in [6.07, 6.45) is 2.80. The quantitative estimate of drug-likeness (QED) is 0.505. The van der Waals surface area contributed by atoms with Crippen molar-refractivity contribution in [1.82, 2.24) is 10.2 Å². The molecule has 160 valence electrons. The van der Waals surface area contributed by atoms with Crippen molar-refractivity contribution in [1.29, 1.82) is 0 Å². The molecule has 4 rings (SSSR count). The molecule has 2 aromatic carbocycles. The van der Waals surface area contributed by atoms with Crippen LogP contribution in [0.25, 0.3) is 11.3 Å². The first kappa shape index (κ1) is 21.4. The molecule has 0 atom stereocenters. The molecule has 1 saturated heterocycles. The molecule has 5 nitrogen and oxygen atoms in total. The lowest BCUT2D eigenvalue weighted by atomic mass is 10.1. The second kappa shape index (κ2) is 9.96. The van der Waals surface area contributed by atoms with Crippen LogP contribution in [0.1, 0.15) is 32.3 Å². The van der Waals surface area contributed by atoms with E-state index in [0.29, 0.717) is 11.7 Å². The second-order valence-corrected chi connectivity index (χ2v) is 9.73. The third-order valence-electron chi connectivity index (χ3n) is 5.20. The van der Waals surface area contributed by atoms with Crippen LogP contribution < -0.4 is 10.2 Å². The summed E-state index contributed by atoms with van der Waals surface area (Å²) in [6.45, 7) is 6.47. The number of amides is 1. The molecule has 0 spiro atoms. The van der Waals surface area contributed by atoms with Gasteiger partial charge in [-0.1, -0.05) is 38.1 Å². The van der Waals surface area contributed by atoms with Gasteiger partial charge in [0.05, 0.1) is 12.1 Å². The number of benzene rings is 2. The Morgan fingerprint density at radius 2 is 1.68 bits per heavy atom. The Morgan fingerprint density at radius 3 is 2.29 bits per heavy atom. The van der Waals surface area contributed by atoms with Gasteiger partial charge in [-0.2, -0.15) is 0 Å². The number of hydrogen-bond acceptors (Lipinski definition) is 5. The van der Waals surface area contributed by atoms with Gasteiger partial charge in [-0.25, -0.2) is 0 Å². The molecule has 0 saturated carbocycles. The highest BCUT2D eigenvalue weighted by atomic mass is 32.2. The van der Waals surface area contributed by atoms with E-state index in [0.717, 1.165) is 41.4 Å². The molecular weight excluding hydrogens is 404 g/mol. The van der Waals surface area contributed by atoms with Gasteiger partial charge in [-0.3, -0.25) is 4.79 Å². The van der Waals surface area contributed by atoms with E-state index in [9.17, 15) is 4.79 Å². The maximum atomic E-state index is 12.4. The van der Waals surface area contributed by atoms with Gasteiger partial charge in [0.2, 0.25) is 5.91 Å². The fraction of sp³-hybridized carbons (Fsp3) is 0.320. The zero-order chi connectivity index (χ0) is 21.6. The number of hydrogen-bond donors (Lipinski definition) is 1. The van der Waals surface area contributed by atoms with Gasteiger partial charge in [0.25, 0.3) is 0 Å². The summed E-state index contributed by atoms with van der Waals surface area (Å²) in [4.78, 5) is 15.9. The van der Waals surface area contributed by atoms with Gasteiger partial charge >= 0.3 is 0 Å². The molecular formula is C25H28N4OS. The Hall–Kier alpha value is -2.86. The third kappa shape index (κ3) is 5.85. The first-order chi connectivity index (χ1) is 15.1. The molecule has 1 amide bonds. The summed E-state index contributed by atoms with van der Waals surface area (Å²) in [7, 11) is 0. The first-order valence-corrected chi connectivity index (χ1v) is 11.7. The number of carbonyl (C=O) groups is 1. The smallest absolute Gasteiger partial charge is 0.228 e. The van der Waals surface area contributed by atoms with Crippen LogP contribution in [0.15, 0.2) is 65.6 Å². The van der Waals surface area contributed by atoms with Gasteiger partial charge in [0.1, 0.15) is 0 Å². The minimum absolute atomic E-state index is 0.0215. The zero-order valence-corrected chi connectivity index (χ0v) is 18.9. The molecule has 1 aromatic heterocycles. The molecule has 6 heteroatoms. The van der Waals surface area contributed by atoms with Crippen molar-refractivity contribution in [2.45, 2.75) is 43.3 Å². The summed E-state index contributed by atoms with van der Waals surface area (Å²) in [5.41, 5.74) is 3.61. The predicted octanol–water partition coefficient (Wildman–Crippen LogP) is 5.43. The summed E-state index contributed by atoms with van der Waals surface area (Å²) in [5, 5.41) is 12.3. The van der Waals surface area contributed by atoms with Crippen molar-refractivity contribution in [3.05, 3.63) is 66.2 Å². The molecule has 1 N–H and O–H groups in total. The lowest BCUT2D eigenvalue weighted by molar-refractivity contribution is -0.115. The van der Waals surface area contributed by atoms with Crippen LogP contribution in [0.3, 0.4) is 0 Å². The molecule has 3 aromatic rings. The SMILES string of the molecule is CC(C)Sc1ccc(CC(=O)Nc2ccc(-c3ccc(N4CCCC4)nn3)cc2)cc1. The largest absolute Gasteiger partial charge is 0.355 e. The van der Waals surface area contributed by atoms with E-state index in [4.69, 9.17) is 0 Å². The van der Waals surface area contributed by atoms with Crippen LogP contribution in [0.2, 0.25) is 0 Å². The average Bonchev–Trinajstić information content (AvgIpc) is 3.30. The molecule has 2 heterocycles. The van der Waals surface area contributed by atoms with Crippen LogP contribution in [0.4, 0.5) is 11.5 Å². The van der Waals surface area contributed by atoms with E-state index in [1.165, 1.54) is 17.7 Å². The molecule has 31 heavy (non-hydrogen) atoms. The van der Waals surface area contributed by atoms with Crippen LogP contribution in [0, 0.1) is 0 Å². The van der Waals surface area contributed by atoms with Crippen LogP contribution in [-0.4, -0.2) is 34.4 Å². The van der Waals surface area contributed by atoms with Crippen molar-refractivity contribution in [2.75, 3.05) is 23.3 Å². The van der Waals surface area contributed by atoms with Gasteiger partial charge in [0, 0.05) is 34.5 Å². The molecule has 0 bridgehead atoms. The highest BCUT2D eigenvalue weighted by Gasteiger charge is 2.14. The fourth-order valence-electron chi connectivity index (χ4n) is 3.67. The van der Waals surface area contributed by atoms with Crippen molar-refractivity contribution in [3.8, 4) is 11.3 Å². The Morgan fingerprint density at radius 1 is 0.968 bits per heavy atom. The number of anilines is 2. The average molecular weight is 433 g/mol. The molecule has 0 aliphatic carbocycles. The van der Waals surface area contributed by atoms with Gasteiger partial charge in [-0.15, -0.1) is 22.0 Å². The van der Waals surface area contributed by atoms with Crippen molar-refractivity contribution >= 4 is 29.2 Å². The van der Waals surface area contributed by atoms with E-state index in [1.54, 1.807) is 0 Å². The van der Waals surface area contributed by atoms with Crippen molar-refractivity contribution in [3.63, 3.8) is 0 Å². The second-order valence-electron chi connectivity index (χ2n) is 8.08. The first-order valence-electron chi connectivity index (χ1n) is 10.8. The maximum Gasteiger partial charge on any atom is 0.228 e. The molecule has 0 radical (unpaired) electrons. The van der Waals surface area contributed by atoms with Gasteiger partial charge in [0.15, 0.2) is 5.82 Å². The van der Waals surface area contributed by atoms with Crippen LogP contribution in [-0.2, 0) is 11.2 Å². The van der Waals surface area contributed by atoms with E-state index >= 15 is 0 Å². The normalized spacial score (nSPS) is 13.6. The molecule has 1 aliphatic rings. The summed E-state index contributed by atoms with van der Waals surface area (Å²) in [5.74, 6) is 0.924. The number of nitrogens with zero attached hydrogens (tertiary/aromatic N) is 3. The fourth-order valence-corrected chi connectivity index (χ4v) is 4.50. The van der Waals surface area contributed by atoms with Crippen molar-refractivity contribution < 1.29 is 4.79 Å². The molecule has 0 unspecified atom stereocenters. The van der Waals surface area contributed by atoms with E-state index in [2.05, 4.69) is 46.4 Å². The standard InChI is InChI=1S/C25H28N4OS/c1-18(2)31-22-11-5-19(6-12-22)17-25(30)26-21-9-7-20(8-10-21)23-13-14-24(28-27-23)29-15-3-4-16-29/h5-14,18H,3-4,15-17H2,1-2H3,(H,26,30). The number of nitrogens with one attached hydrogen (secondary N) is 1. The van der Waals surface area contributed by atoms with Gasteiger partial charge < -0.3 is 10.2 Å². The molecule has 1 fully saturated rings. The van der Waals surface area contributed by atoms with Gasteiger partial charge in [-0.05, 0) is 54.8 Å². The Kier molecular flexibility index (Phi) is 6.87. The van der Waals surface area contributed by atoms with E-state index in [1.807, 2.05) is 60.3 Å². The minimum Gasteiger partial charge on any atom is -0.355 e. The number of carbonyl (C=O) groups excluding carboxylic acids is 1. The van der Waals surface area contributed by atoms with Crippen LogP contribution >= 0.6 is 11.8 Å². The zero-order valence-electron chi connectivity index (χ0n) is 18.0. The highest BCUT2D eigenvalue weighted by Crippen LogP contribution is 2.24. The van der Waals surface area contributed by atoms with E-state index < -0.39 is 0 Å². The maximum absolute atomic E-state index is 12.4. The number of aromatic nitrogens is 2. The number of rotatable bonds is 7.